The molecule has 1 saturated heterocycles. The molecule has 1 aliphatic heterocycles. The van der Waals surface area contributed by atoms with Crippen LogP contribution in [-0.2, 0) is 0 Å². The van der Waals surface area contributed by atoms with E-state index in [0.29, 0.717) is 18.2 Å². The van der Waals surface area contributed by atoms with E-state index < -0.39 is 0 Å². The van der Waals surface area contributed by atoms with Gasteiger partial charge in [-0.2, -0.15) is 0 Å². The van der Waals surface area contributed by atoms with Gasteiger partial charge in [-0.3, -0.25) is 4.90 Å². The molecule has 2 atom stereocenters. The number of piperidine rings is 1. The van der Waals surface area contributed by atoms with Gasteiger partial charge in [0.15, 0.2) is 0 Å². The predicted octanol–water partition coefficient (Wildman–Crippen LogP) is 2.66. The molecule has 0 bridgehead atoms. The normalized spacial score (nSPS) is 29.0. The van der Waals surface area contributed by atoms with Crippen molar-refractivity contribution >= 4 is 0 Å². The van der Waals surface area contributed by atoms with Crippen LogP contribution in [0.5, 0.6) is 0 Å². The Labute approximate surface area is 94.7 Å². The highest BCUT2D eigenvalue weighted by atomic mass is 16.3. The zero-order valence-electron chi connectivity index (χ0n) is 10.8. The number of hydrogen-bond donors (Lipinski definition) is 1. The van der Waals surface area contributed by atoms with Crippen LogP contribution in [0, 0.1) is 5.92 Å². The molecule has 1 rings (SSSR count). The monoisotopic (exact) mass is 213 g/mol. The predicted molar refractivity (Wildman–Crippen MR) is 65.0 cm³/mol. The Balaban J connectivity index is 2.58. The maximum absolute atomic E-state index is 9.00. The topological polar surface area (TPSA) is 23.5 Å². The maximum Gasteiger partial charge on any atom is 0.0433 e. The largest absolute Gasteiger partial charge is 0.396 e. The third-order valence-electron chi connectivity index (χ3n) is 4.00. The average Bonchev–Trinajstić information content (AvgIpc) is 2.16. The molecule has 1 heterocycles. The number of nitrogens with zero attached hydrogens (tertiary/aromatic N) is 1. The third kappa shape index (κ3) is 3.18. The zero-order chi connectivity index (χ0) is 11.5. The highest BCUT2D eigenvalue weighted by Gasteiger charge is 2.36. The summed E-state index contributed by atoms with van der Waals surface area (Å²) in [6.45, 7) is 10.8. The van der Waals surface area contributed by atoms with Crippen LogP contribution < -0.4 is 0 Å². The summed E-state index contributed by atoms with van der Waals surface area (Å²) in [4.78, 5) is 2.64. The molecule has 0 aliphatic carbocycles. The summed E-state index contributed by atoms with van der Waals surface area (Å²) in [5, 5.41) is 9.00. The molecular formula is C13H27NO. The van der Waals surface area contributed by atoms with E-state index in [0.717, 1.165) is 12.3 Å². The van der Waals surface area contributed by atoms with Crippen LogP contribution in [0.3, 0.4) is 0 Å². The van der Waals surface area contributed by atoms with Gasteiger partial charge in [0, 0.05) is 18.2 Å². The van der Waals surface area contributed by atoms with Crippen molar-refractivity contribution < 1.29 is 5.11 Å². The molecule has 0 radical (unpaired) electrons. The summed E-state index contributed by atoms with van der Waals surface area (Å²) in [6, 6.07) is 0.690. The van der Waals surface area contributed by atoms with Gasteiger partial charge in [0.25, 0.3) is 0 Å². The SMILES string of the molecule is CCC(C)N1CCC(CCO)CC1(C)C. The van der Waals surface area contributed by atoms with Crippen LogP contribution in [-0.4, -0.2) is 34.7 Å². The molecule has 2 unspecified atom stereocenters. The fraction of sp³-hybridized carbons (Fsp3) is 1.00. The molecule has 1 fully saturated rings. The van der Waals surface area contributed by atoms with Crippen LogP contribution in [0.25, 0.3) is 0 Å². The van der Waals surface area contributed by atoms with Gasteiger partial charge in [-0.1, -0.05) is 6.92 Å². The van der Waals surface area contributed by atoms with Gasteiger partial charge in [-0.25, -0.2) is 0 Å². The molecule has 0 saturated carbocycles. The van der Waals surface area contributed by atoms with Gasteiger partial charge in [-0.15, -0.1) is 0 Å². The Morgan fingerprint density at radius 3 is 2.60 bits per heavy atom. The number of aliphatic hydroxyl groups is 1. The minimum atomic E-state index is 0.313. The van der Waals surface area contributed by atoms with E-state index in [-0.39, 0.29) is 0 Å². The Morgan fingerprint density at radius 1 is 1.47 bits per heavy atom. The summed E-state index contributed by atoms with van der Waals surface area (Å²) >= 11 is 0. The van der Waals surface area contributed by atoms with Crippen molar-refractivity contribution in [2.75, 3.05) is 13.2 Å². The lowest BCUT2D eigenvalue weighted by Crippen LogP contribution is -2.53. The van der Waals surface area contributed by atoms with E-state index in [4.69, 9.17) is 5.11 Å². The summed E-state index contributed by atoms with van der Waals surface area (Å²) in [7, 11) is 0. The van der Waals surface area contributed by atoms with Crippen molar-refractivity contribution in [2.45, 2.75) is 65.0 Å². The fourth-order valence-electron chi connectivity index (χ4n) is 3.02. The second kappa shape index (κ2) is 5.31. The Hall–Kier alpha value is -0.0800. The minimum Gasteiger partial charge on any atom is -0.396 e. The van der Waals surface area contributed by atoms with Crippen LogP contribution >= 0.6 is 0 Å². The smallest absolute Gasteiger partial charge is 0.0433 e. The Bertz CT molecular complexity index is 191. The fourth-order valence-corrected chi connectivity index (χ4v) is 3.02. The van der Waals surface area contributed by atoms with E-state index in [1.165, 1.54) is 25.8 Å². The Morgan fingerprint density at radius 2 is 2.13 bits per heavy atom. The first-order chi connectivity index (χ1) is 7.01. The maximum atomic E-state index is 9.00. The third-order valence-corrected chi connectivity index (χ3v) is 4.00. The van der Waals surface area contributed by atoms with Gasteiger partial charge < -0.3 is 5.11 Å². The first-order valence-electron chi connectivity index (χ1n) is 6.39. The summed E-state index contributed by atoms with van der Waals surface area (Å²) < 4.78 is 0. The molecule has 15 heavy (non-hydrogen) atoms. The minimum absolute atomic E-state index is 0.313. The van der Waals surface area contributed by atoms with Crippen molar-refractivity contribution in [2.24, 2.45) is 5.92 Å². The van der Waals surface area contributed by atoms with Crippen LogP contribution in [0.2, 0.25) is 0 Å². The van der Waals surface area contributed by atoms with Crippen molar-refractivity contribution in [3.63, 3.8) is 0 Å². The quantitative estimate of drug-likeness (QED) is 0.776. The van der Waals surface area contributed by atoms with Gasteiger partial charge in [0.2, 0.25) is 0 Å². The van der Waals surface area contributed by atoms with Crippen LogP contribution in [0.15, 0.2) is 0 Å². The standard InChI is InChI=1S/C13H27NO/c1-5-11(2)14-8-6-12(7-9-15)10-13(14,3)4/h11-12,15H,5-10H2,1-4H3. The van der Waals surface area contributed by atoms with Gasteiger partial charge >= 0.3 is 0 Å². The van der Waals surface area contributed by atoms with Crippen LogP contribution in [0.1, 0.15) is 53.4 Å². The molecular weight excluding hydrogens is 186 g/mol. The van der Waals surface area contributed by atoms with Crippen LogP contribution in [0.4, 0.5) is 0 Å². The first-order valence-corrected chi connectivity index (χ1v) is 6.39. The zero-order valence-corrected chi connectivity index (χ0v) is 10.8. The molecule has 0 spiro atoms. The molecule has 90 valence electrons. The second-order valence-electron chi connectivity index (χ2n) is 5.63. The number of likely N-dealkylation sites (tertiary alicyclic amines) is 1. The lowest BCUT2D eigenvalue weighted by Gasteiger charge is -2.48. The van der Waals surface area contributed by atoms with E-state index >= 15 is 0 Å². The van der Waals surface area contributed by atoms with E-state index in [1.54, 1.807) is 0 Å². The molecule has 1 N–H and O–H groups in total. The summed E-state index contributed by atoms with van der Waals surface area (Å²) in [5.74, 6) is 0.727. The summed E-state index contributed by atoms with van der Waals surface area (Å²) in [5.41, 5.74) is 0.313. The van der Waals surface area contributed by atoms with Gasteiger partial charge in [-0.05, 0) is 58.9 Å². The van der Waals surface area contributed by atoms with Gasteiger partial charge in [0.1, 0.15) is 0 Å². The molecule has 0 amide bonds. The average molecular weight is 213 g/mol. The number of rotatable bonds is 4. The molecule has 0 aromatic heterocycles. The number of aliphatic hydroxyl groups excluding tert-OH is 1. The van der Waals surface area contributed by atoms with E-state index in [9.17, 15) is 0 Å². The number of hydrogen-bond acceptors (Lipinski definition) is 2. The lowest BCUT2D eigenvalue weighted by molar-refractivity contribution is 0.00836. The molecule has 0 aromatic rings. The van der Waals surface area contributed by atoms with Crippen molar-refractivity contribution in [3.8, 4) is 0 Å². The van der Waals surface area contributed by atoms with Crippen molar-refractivity contribution in [1.82, 2.24) is 4.90 Å². The van der Waals surface area contributed by atoms with Crippen molar-refractivity contribution in [3.05, 3.63) is 0 Å². The molecule has 0 aromatic carbocycles. The Kier molecular flexibility index (Phi) is 4.60. The second-order valence-corrected chi connectivity index (χ2v) is 5.63. The van der Waals surface area contributed by atoms with Crippen molar-refractivity contribution in [1.29, 1.82) is 0 Å². The molecule has 2 heteroatoms. The van der Waals surface area contributed by atoms with E-state index in [2.05, 4.69) is 32.6 Å². The highest BCUT2D eigenvalue weighted by molar-refractivity contribution is 4.91. The van der Waals surface area contributed by atoms with E-state index in [1.807, 2.05) is 0 Å². The molecule has 2 nitrogen and oxygen atoms in total. The first kappa shape index (κ1) is 13.0. The highest BCUT2D eigenvalue weighted by Crippen LogP contribution is 2.34. The summed E-state index contributed by atoms with van der Waals surface area (Å²) in [6.07, 6.45) is 4.71. The lowest BCUT2D eigenvalue weighted by atomic mass is 9.80. The molecule has 1 aliphatic rings. The van der Waals surface area contributed by atoms with Gasteiger partial charge in [0.05, 0.1) is 0 Å².